The Morgan fingerprint density at radius 2 is 1.94 bits per heavy atom. The Morgan fingerprint density at radius 1 is 1.17 bits per heavy atom. The number of hydrogen-bond donors (Lipinski definition) is 0. The highest BCUT2D eigenvalue weighted by atomic mass is 32.2. The van der Waals surface area contributed by atoms with Crippen molar-refractivity contribution in [1.29, 1.82) is 0 Å². The van der Waals surface area contributed by atoms with Crippen LogP contribution in [-0.2, 0) is 19.1 Å². The number of thioether (sulfide) groups is 1. The van der Waals surface area contributed by atoms with Crippen molar-refractivity contribution in [3.05, 3.63) is 52.2 Å². The lowest BCUT2D eigenvalue weighted by atomic mass is 9.93. The summed E-state index contributed by atoms with van der Waals surface area (Å²) in [6.45, 7) is 8.50. The van der Waals surface area contributed by atoms with Crippen LogP contribution in [0.25, 0.3) is 0 Å². The lowest BCUT2D eigenvalue weighted by Gasteiger charge is -2.38. The van der Waals surface area contributed by atoms with Crippen LogP contribution in [0.1, 0.15) is 31.9 Å². The predicted octanol–water partition coefficient (Wildman–Crippen LogP) is 3.01. The summed E-state index contributed by atoms with van der Waals surface area (Å²) in [5.41, 5.74) is 2.79. The van der Waals surface area contributed by atoms with Gasteiger partial charge in [-0.05, 0) is 37.0 Å². The van der Waals surface area contributed by atoms with E-state index in [1.54, 1.807) is 21.1 Å². The number of rotatable bonds is 9. The van der Waals surface area contributed by atoms with Crippen molar-refractivity contribution in [3.8, 4) is 5.75 Å². The van der Waals surface area contributed by atoms with Crippen LogP contribution in [0, 0.1) is 0 Å². The number of fused-ring (bicyclic) bond motifs is 1. The first-order chi connectivity index (χ1) is 17.5. The third kappa shape index (κ3) is 5.61. The maximum absolute atomic E-state index is 13.3. The molecule has 3 heterocycles. The summed E-state index contributed by atoms with van der Waals surface area (Å²) in [5.74, 6) is 0.362. The third-order valence-electron chi connectivity index (χ3n) is 6.57. The highest BCUT2D eigenvalue weighted by molar-refractivity contribution is 8.16. The number of amidine groups is 1. The number of nitrogens with zero attached hydrogens (tertiary/aromatic N) is 4. The van der Waals surface area contributed by atoms with Crippen LogP contribution in [0.3, 0.4) is 0 Å². The minimum Gasteiger partial charge on any atom is -0.497 e. The summed E-state index contributed by atoms with van der Waals surface area (Å²) in [5, 5.41) is 2.72. The fourth-order valence-corrected chi connectivity index (χ4v) is 5.64. The molecule has 1 aromatic rings. The van der Waals surface area contributed by atoms with Crippen LogP contribution in [0.4, 0.5) is 0 Å². The second-order valence-electron chi connectivity index (χ2n) is 8.78. The Hall–Kier alpha value is -2.82. The molecule has 194 valence electrons. The number of piperazine rings is 1. The Balaban J connectivity index is 1.57. The Bertz CT molecular complexity index is 1080. The SMILES string of the molecule is CCOC(=O)C1=C(C)N=C2SC=C(CC(=O)N3CCN(CCOC)CC3)N2C1c1cccc(OC)c1. The third-order valence-corrected chi connectivity index (χ3v) is 7.46. The molecule has 0 aliphatic carbocycles. The predicted molar refractivity (Wildman–Crippen MR) is 140 cm³/mol. The van der Waals surface area contributed by atoms with Gasteiger partial charge in [-0.2, -0.15) is 0 Å². The number of ether oxygens (including phenoxy) is 3. The number of carbonyl (C=O) groups excluding carboxylic acids is 2. The van der Waals surface area contributed by atoms with Crippen molar-refractivity contribution in [1.82, 2.24) is 14.7 Å². The summed E-state index contributed by atoms with van der Waals surface area (Å²) in [6.07, 6.45) is 0.236. The minimum atomic E-state index is -0.466. The van der Waals surface area contributed by atoms with E-state index in [0.29, 0.717) is 36.7 Å². The molecule has 0 radical (unpaired) electrons. The maximum Gasteiger partial charge on any atom is 0.338 e. The molecule has 0 aromatic heterocycles. The first-order valence-corrected chi connectivity index (χ1v) is 13.1. The van der Waals surface area contributed by atoms with E-state index in [2.05, 4.69) is 4.90 Å². The van der Waals surface area contributed by atoms with E-state index in [-0.39, 0.29) is 18.9 Å². The van der Waals surface area contributed by atoms with Gasteiger partial charge in [0.25, 0.3) is 0 Å². The monoisotopic (exact) mass is 514 g/mol. The van der Waals surface area contributed by atoms with Crippen LogP contribution in [0.2, 0.25) is 0 Å². The molecular weight excluding hydrogens is 480 g/mol. The summed E-state index contributed by atoms with van der Waals surface area (Å²) in [6, 6.07) is 7.18. The van der Waals surface area contributed by atoms with E-state index in [0.717, 1.165) is 36.1 Å². The summed E-state index contributed by atoms with van der Waals surface area (Å²) in [4.78, 5) is 37.4. The quantitative estimate of drug-likeness (QED) is 0.465. The van der Waals surface area contributed by atoms with Gasteiger partial charge in [-0.15, -0.1) is 0 Å². The maximum atomic E-state index is 13.3. The van der Waals surface area contributed by atoms with Crippen molar-refractivity contribution in [2.75, 3.05) is 60.2 Å². The molecule has 4 rings (SSSR count). The van der Waals surface area contributed by atoms with Crippen LogP contribution >= 0.6 is 11.8 Å². The average Bonchev–Trinajstić information content (AvgIpc) is 3.28. The van der Waals surface area contributed by atoms with Gasteiger partial charge in [-0.25, -0.2) is 9.79 Å². The Labute approximate surface area is 216 Å². The molecule has 1 saturated heterocycles. The second-order valence-corrected chi connectivity index (χ2v) is 9.62. The van der Waals surface area contributed by atoms with Gasteiger partial charge in [0.1, 0.15) is 5.75 Å². The van der Waals surface area contributed by atoms with Gasteiger partial charge in [0, 0.05) is 45.5 Å². The van der Waals surface area contributed by atoms with Gasteiger partial charge in [0.2, 0.25) is 5.91 Å². The van der Waals surface area contributed by atoms with E-state index in [9.17, 15) is 9.59 Å². The zero-order valence-corrected chi connectivity index (χ0v) is 22.2. The van der Waals surface area contributed by atoms with E-state index < -0.39 is 12.0 Å². The molecule has 0 spiro atoms. The zero-order valence-electron chi connectivity index (χ0n) is 21.4. The molecule has 0 saturated carbocycles. The minimum absolute atomic E-state index is 0.0721. The molecule has 3 aliphatic heterocycles. The largest absolute Gasteiger partial charge is 0.497 e. The van der Waals surface area contributed by atoms with E-state index in [1.807, 2.05) is 46.4 Å². The van der Waals surface area contributed by atoms with Crippen molar-refractivity contribution < 1.29 is 23.8 Å². The number of aliphatic imine (C=N–C) groups is 1. The standard InChI is InChI=1S/C26H34N4O5S/c1-5-35-25(32)23-18(2)27-26-30(24(23)19-7-6-8-21(15-19)34-4)20(17-36-26)16-22(31)29-11-9-28(10-12-29)13-14-33-3/h6-8,15,17,24H,5,9-14,16H2,1-4H3. The fraction of sp³-hybridized carbons (Fsp3) is 0.500. The number of hydrogen-bond acceptors (Lipinski definition) is 9. The van der Waals surface area contributed by atoms with Crippen molar-refractivity contribution in [2.24, 2.45) is 4.99 Å². The number of carbonyl (C=O) groups is 2. The zero-order chi connectivity index (χ0) is 25.7. The number of allylic oxidation sites excluding steroid dienone is 1. The second kappa shape index (κ2) is 11.9. The molecule has 9 nitrogen and oxygen atoms in total. The van der Waals surface area contributed by atoms with Crippen molar-refractivity contribution in [3.63, 3.8) is 0 Å². The highest BCUT2D eigenvalue weighted by Gasteiger charge is 2.41. The van der Waals surface area contributed by atoms with Crippen LogP contribution in [0.5, 0.6) is 5.75 Å². The molecule has 1 unspecified atom stereocenters. The number of esters is 1. The van der Waals surface area contributed by atoms with Gasteiger partial charge in [0.05, 0.1) is 44.1 Å². The van der Waals surface area contributed by atoms with Crippen LogP contribution in [0.15, 0.2) is 51.6 Å². The normalized spacial score (nSPS) is 20.2. The average molecular weight is 515 g/mol. The van der Waals surface area contributed by atoms with Crippen molar-refractivity contribution >= 4 is 28.8 Å². The highest BCUT2D eigenvalue weighted by Crippen LogP contribution is 2.45. The molecule has 0 bridgehead atoms. The first kappa shape index (κ1) is 26.2. The molecule has 1 amide bonds. The molecule has 36 heavy (non-hydrogen) atoms. The van der Waals surface area contributed by atoms with Gasteiger partial charge in [-0.3, -0.25) is 9.69 Å². The lowest BCUT2D eigenvalue weighted by molar-refractivity contribution is -0.139. The topological polar surface area (TPSA) is 83.9 Å². The molecule has 1 atom stereocenters. The van der Waals surface area contributed by atoms with Gasteiger partial charge in [-0.1, -0.05) is 23.9 Å². The lowest BCUT2D eigenvalue weighted by Crippen LogP contribution is -2.49. The van der Waals surface area contributed by atoms with E-state index in [4.69, 9.17) is 19.2 Å². The van der Waals surface area contributed by atoms with Gasteiger partial charge in [0.15, 0.2) is 5.17 Å². The first-order valence-electron chi connectivity index (χ1n) is 12.2. The molecule has 0 N–H and O–H groups in total. The summed E-state index contributed by atoms with van der Waals surface area (Å²) in [7, 11) is 3.32. The molecular formula is C26H34N4O5S. The molecule has 3 aliphatic rings. The number of benzene rings is 1. The number of amides is 1. The fourth-order valence-electron chi connectivity index (χ4n) is 4.67. The van der Waals surface area contributed by atoms with Crippen LogP contribution < -0.4 is 4.74 Å². The molecule has 1 fully saturated rings. The summed E-state index contributed by atoms with van der Waals surface area (Å²) < 4.78 is 16.1. The van der Waals surface area contributed by atoms with Crippen molar-refractivity contribution in [2.45, 2.75) is 26.3 Å². The Morgan fingerprint density at radius 3 is 2.64 bits per heavy atom. The Kier molecular flexibility index (Phi) is 8.71. The van der Waals surface area contributed by atoms with Gasteiger partial charge < -0.3 is 24.0 Å². The molecule has 10 heteroatoms. The van der Waals surface area contributed by atoms with Gasteiger partial charge >= 0.3 is 5.97 Å². The number of methoxy groups -OCH3 is 2. The smallest absolute Gasteiger partial charge is 0.338 e. The van der Waals surface area contributed by atoms with Crippen LogP contribution in [-0.4, -0.2) is 91.9 Å². The summed E-state index contributed by atoms with van der Waals surface area (Å²) >= 11 is 1.48. The molecule has 1 aromatic carbocycles. The van der Waals surface area contributed by atoms with E-state index in [1.165, 1.54) is 11.8 Å². The van der Waals surface area contributed by atoms with E-state index >= 15 is 0 Å².